The molecule has 0 aliphatic heterocycles. The maximum absolute atomic E-state index is 12.2. The third-order valence-electron chi connectivity index (χ3n) is 3.11. The number of halogens is 1. The first kappa shape index (κ1) is 13.5. The fraction of sp³-hybridized carbons (Fsp3) is 0.0667. The monoisotopic (exact) mass is 301 g/mol. The zero-order valence-electron chi connectivity index (χ0n) is 11.2. The smallest absolute Gasteiger partial charge is 0.255 e. The van der Waals surface area contributed by atoms with Crippen molar-refractivity contribution in [3.05, 3.63) is 53.2 Å². The van der Waals surface area contributed by atoms with Gasteiger partial charge in [-0.3, -0.25) is 9.89 Å². The van der Waals surface area contributed by atoms with Gasteiger partial charge in [-0.2, -0.15) is 5.10 Å². The summed E-state index contributed by atoms with van der Waals surface area (Å²) >= 11 is 6.02. The molecule has 0 saturated heterocycles. The lowest BCUT2D eigenvalue weighted by Crippen LogP contribution is -2.11. The molecular formula is C15H12ClN3O2. The molecule has 0 atom stereocenters. The summed E-state index contributed by atoms with van der Waals surface area (Å²) in [6.07, 6.45) is 1.73. The van der Waals surface area contributed by atoms with Gasteiger partial charge in [-0.05, 0) is 36.4 Å². The highest BCUT2D eigenvalue weighted by Crippen LogP contribution is 2.25. The molecule has 1 heterocycles. The van der Waals surface area contributed by atoms with Crippen molar-refractivity contribution in [3.8, 4) is 5.75 Å². The number of H-pyrrole nitrogens is 1. The highest BCUT2D eigenvalue weighted by atomic mass is 35.5. The van der Waals surface area contributed by atoms with Gasteiger partial charge in [-0.15, -0.1) is 0 Å². The Morgan fingerprint density at radius 2 is 2.14 bits per heavy atom. The van der Waals surface area contributed by atoms with Crippen LogP contribution < -0.4 is 10.1 Å². The standard InChI is InChI=1S/C15H12ClN3O2/c1-21-14-5-3-9(6-12(14)16)15(20)18-11-4-2-10-8-17-19-13(10)7-11/h2-8H,1H3,(H,17,19)(H,18,20). The molecule has 0 unspecified atom stereocenters. The van der Waals surface area contributed by atoms with E-state index in [4.69, 9.17) is 16.3 Å². The molecule has 0 saturated carbocycles. The van der Waals surface area contributed by atoms with Gasteiger partial charge in [0.1, 0.15) is 5.75 Å². The number of ether oxygens (including phenoxy) is 1. The molecule has 0 radical (unpaired) electrons. The first-order valence-electron chi connectivity index (χ1n) is 6.25. The lowest BCUT2D eigenvalue weighted by atomic mass is 10.2. The number of hydrogen-bond acceptors (Lipinski definition) is 3. The minimum absolute atomic E-state index is 0.238. The summed E-state index contributed by atoms with van der Waals surface area (Å²) in [5, 5.41) is 11.0. The molecular weight excluding hydrogens is 290 g/mol. The van der Waals surface area contributed by atoms with E-state index in [9.17, 15) is 4.79 Å². The fourth-order valence-electron chi connectivity index (χ4n) is 2.03. The van der Waals surface area contributed by atoms with Crippen LogP contribution >= 0.6 is 11.6 Å². The maximum atomic E-state index is 12.2. The number of nitrogens with one attached hydrogen (secondary N) is 2. The number of anilines is 1. The summed E-state index contributed by atoms with van der Waals surface area (Å²) in [4.78, 5) is 12.2. The third kappa shape index (κ3) is 2.68. The number of rotatable bonds is 3. The summed E-state index contributed by atoms with van der Waals surface area (Å²) in [5.74, 6) is 0.297. The fourth-order valence-corrected chi connectivity index (χ4v) is 2.28. The number of aromatic amines is 1. The minimum Gasteiger partial charge on any atom is -0.495 e. The van der Waals surface area contributed by atoms with Crippen molar-refractivity contribution in [2.45, 2.75) is 0 Å². The summed E-state index contributed by atoms with van der Waals surface area (Å²) in [6, 6.07) is 10.4. The highest BCUT2D eigenvalue weighted by Gasteiger charge is 2.10. The molecule has 3 rings (SSSR count). The number of nitrogens with zero attached hydrogens (tertiary/aromatic N) is 1. The van der Waals surface area contributed by atoms with Gasteiger partial charge in [0.25, 0.3) is 5.91 Å². The Hall–Kier alpha value is -2.53. The van der Waals surface area contributed by atoms with Crippen LogP contribution in [0.3, 0.4) is 0 Å². The van der Waals surface area contributed by atoms with Crippen molar-refractivity contribution < 1.29 is 9.53 Å². The van der Waals surface area contributed by atoms with Crippen LogP contribution in [0, 0.1) is 0 Å². The van der Waals surface area contributed by atoms with Gasteiger partial charge in [0.15, 0.2) is 0 Å². The molecule has 0 aliphatic rings. The largest absolute Gasteiger partial charge is 0.495 e. The van der Waals surface area contributed by atoms with Crippen LogP contribution in [0.25, 0.3) is 10.9 Å². The second-order valence-electron chi connectivity index (χ2n) is 4.48. The predicted octanol–water partition coefficient (Wildman–Crippen LogP) is 3.48. The van der Waals surface area contributed by atoms with Crippen LogP contribution in [-0.4, -0.2) is 23.2 Å². The van der Waals surface area contributed by atoms with E-state index in [0.717, 1.165) is 10.9 Å². The van der Waals surface area contributed by atoms with E-state index in [1.165, 1.54) is 7.11 Å². The Balaban J connectivity index is 1.83. The van der Waals surface area contributed by atoms with Crippen molar-refractivity contribution >= 4 is 34.1 Å². The molecule has 1 aromatic heterocycles. The van der Waals surface area contributed by atoms with Crippen LogP contribution in [-0.2, 0) is 0 Å². The Labute approximate surface area is 125 Å². The Kier molecular flexibility index (Phi) is 3.50. The number of amides is 1. The van der Waals surface area contributed by atoms with E-state index in [2.05, 4.69) is 15.5 Å². The highest BCUT2D eigenvalue weighted by molar-refractivity contribution is 6.32. The van der Waals surface area contributed by atoms with Crippen molar-refractivity contribution in [1.82, 2.24) is 10.2 Å². The third-order valence-corrected chi connectivity index (χ3v) is 3.41. The van der Waals surface area contributed by atoms with E-state index in [0.29, 0.717) is 22.0 Å². The van der Waals surface area contributed by atoms with Gasteiger partial charge in [-0.25, -0.2) is 0 Å². The Morgan fingerprint density at radius 3 is 2.90 bits per heavy atom. The number of carbonyl (C=O) groups excluding carboxylic acids is 1. The summed E-state index contributed by atoms with van der Waals surface area (Å²) in [7, 11) is 1.53. The van der Waals surface area contributed by atoms with Gasteiger partial charge in [0, 0.05) is 16.6 Å². The van der Waals surface area contributed by atoms with Gasteiger partial charge in [0.05, 0.1) is 23.8 Å². The van der Waals surface area contributed by atoms with Crippen molar-refractivity contribution in [2.24, 2.45) is 0 Å². The number of carbonyl (C=O) groups is 1. The Morgan fingerprint density at radius 1 is 1.29 bits per heavy atom. The molecule has 0 fully saturated rings. The van der Waals surface area contributed by atoms with Crippen molar-refractivity contribution in [1.29, 1.82) is 0 Å². The van der Waals surface area contributed by atoms with E-state index >= 15 is 0 Å². The quantitative estimate of drug-likeness (QED) is 0.778. The molecule has 3 aromatic rings. The average Bonchev–Trinajstić information content (AvgIpc) is 2.94. The number of aromatic nitrogens is 2. The van der Waals surface area contributed by atoms with Crippen LogP contribution in [0.4, 0.5) is 5.69 Å². The molecule has 1 amide bonds. The predicted molar refractivity (Wildman–Crippen MR) is 82.1 cm³/mol. The van der Waals surface area contributed by atoms with Crippen LogP contribution in [0.1, 0.15) is 10.4 Å². The second kappa shape index (κ2) is 5.46. The molecule has 6 heteroatoms. The molecule has 5 nitrogen and oxygen atoms in total. The second-order valence-corrected chi connectivity index (χ2v) is 4.88. The average molecular weight is 302 g/mol. The van der Waals surface area contributed by atoms with Gasteiger partial charge in [-0.1, -0.05) is 11.6 Å². The number of benzene rings is 2. The zero-order chi connectivity index (χ0) is 14.8. The van der Waals surface area contributed by atoms with Gasteiger partial charge >= 0.3 is 0 Å². The van der Waals surface area contributed by atoms with E-state index in [1.807, 2.05) is 18.2 Å². The molecule has 21 heavy (non-hydrogen) atoms. The van der Waals surface area contributed by atoms with Crippen molar-refractivity contribution in [3.63, 3.8) is 0 Å². The molecule has 0 bridgehead atoms. The lowest BCUT2D eigenvalue weighted by molar-refractivity contribution is 0.102. The maximum Gasteiger partial charge on any atom is 0.255 e. The van der Waals surface area contributed by atoms with Crippen LogP contribution in [0.2, 0.25) is 5.02 Å². The topological polar surface area (TPSA) is 67.0 Å². The number of hydrogen-bond donors (Lipinski definition) is 2. The van der Waals surface area contributed by atoms with Gasteiger partial charge in [0.2, 0.25) is 0 Å². The zero-order valence-corrected chi connectivity index (χ0v) is 11.9. The normalized spacial score (nSPS) is 10.6. The van der Waals surface area contributed by atoms with E-state index < -0.39 is 0 Å². The molecule has 106 valence electrons. The summed E-state index contributed by atoms with van der Waals surface area (Å²) in [6.45, 7) is 0. The molecule has 0 aliphatic carbocycles. The molecule has 2 N–H and O–H groups in total. The van der Waals surface area contributed by atoms with E-state index in [1.54, 1.807) is 24.4 Å². The van der Waals surface area contributed by atoms with Gasteiger partial charge < -0.3 is 10.1 Å². The van der Waals surface area contributed by atoms with E-state index in [-0.39, 0.29) is 5.91 Å². The first-order valence-corrected chi connectivity index (χ1v) is 6.63. The summed E-state index contributed by atoms with van der Waals surface area (Å²) < 4.78 is 5.06. The van der Waals surface area contributed by atoms with Crippen molar-refractivity contribution in [2.75, 3.05) is 12.4 Å². The van der Waals surface area contributed by atoms with Crippen LogP contribution in [0.15, 0.2) is 42.6 Å². The number of fused-ring (bicyclic) bond motifs is 1. The first-order chi connectivity index (χ1) is 10.2. The number of methoxy groups -OCH3 is 1. The minimum atomic E-state index is -0.238. The summed E-state index contributed by atoms with van der Waals surface area (Å²) in [5.41, 5.74) is 2.01. The van der Waals surface area contributed by atoms with Crippen LogP contribution in [0.5, 0.6) is 5.75 Å². The molecule has 0 spiro atoms. The molecule has 2 aromatic carbocycles. The lowest BCUT2D eigenvalue weighted by Gasteiger charge is -2.07. The Bertz CT molecular complexity index is 814. The SMILES string of the molecule is COc1ccc(C(=O)Nc2ccc3cn[nH]c3c2)cc1Cl.